The van der Waals surface area contributed by atoms with E-state index in [1.807, 2.05) is 0 Å². The van der Waals surface area contributed by atoms with E-state index >= 15 is 0 Å². The van der Waals surface area contributed by atoms with Crippen LogP contribution in [0.2, 0.25) is 0 Å². The van der Waals surface area contributed by atoms with Gasteiger partial charge in [-0.05, 0) is 31.2 Å². The van der Waals surface area contributed by atoms with Gasteiger partial charge in [-0.3, -0.25) is 14.9 Å². The van der Waals surface area contributed by atoms with Crippen LogP contribution in [0, 0.1) is 10.1 Å². The number of benzene rings is 1. The molecule has 7 heteroatoms. The van der Waals surface area contributed by atoms with Crippen LogP contribution >= 0.6 is 12.4 Å². The van der Waals surface area contributed by atoms with Crippen LogP contribution in [0.15, 0.2) is 24.3 Å². The summed E-state index contributed by atoms with van der Waals surface area (Å²) in [4.78, 5) is 22.0. The zero-order chi connectivity index (χ0) is 14.5. The van der Waals surface area contributed by atoms with Crippen LogP contribution in [0.4, 0.5) is 5.69 Å². The second-order valence-electron chi connectivity index (χ2n) is 5.28. The topological polar surface area (TPSA) is 98.3 Å². The third kappa shape index (κ3) is 5.32. The minimum Gasteiger partial charge on any atom is -0.353 e. The molecule has 0 radical (unpaired) electrons. The maximum Gasteiger partial charge on any atom is 0.269 e. The highest BCUT2D eigenvalue weighted by atomic mass is 35.5. The van der Waals surface area contributed by atoms with Crippen molar-refractivity contribution in [3.63, 3.8) is 0 Å². The van der Waals surface area contributed by atoms with E-state index in [0.29, 0.717) is 0 Å². The van der Waals surface area contributed by atoms with Gasteiger partial charge in [0.05, 0.1) is 11.3 Å². The molecular weight excluding hydrogens is 294 g/mol. The van der Waals surface area contributed by atoms with Crippen molar-refractivity contribution >= 4 is 24.0 Å². The number of nitrogens with zero attached hydrogens (tertiary/aromatic N) is 1. The van der Waals surface area contributed by atoms with E-state index < -0.39 is 4.92 Å². The van der Waals surface area contributed by atoms with Gasteiger partial charge in [0.1, 0.15) is 0 Å². The molecule has 1 aromatic carbocycles. The molecular formula is C14H20ClN3O3. The number of amides is 1. The molecule has 1 amide bonds. The van der Waals surface area contributed by atoms with Gasteiger partial charge in [-0.1, -0.05) is 12.1 Å². The van der Waals surface area contributed by atoms with Crippen LogP contribution in [0.5, 0.6) is 0 Å². The van der Waals surface area contributed by atoms with Crippen molar-refractivity contribution in [2.45, 2.75) is 44.2 Å². The summed E-state index contributed by atoms with van der Waals surface area (Å²) in [7, 11) is 0. The third-order valence-corrected chi connectivity index (χ3v) is 3.65. The number of hydrogen-bond acceptors (Lipinski definition) is 4. The van der Waals surface area contributed by atoms with Gasteiger partial charge in [0.15, 0.2) is 0 Å². The Morgan fingerprint density at radius 2 is 1.81 bits per heavy atom. The first kappa shape index (κ1) is 17.4. The predicted molar refractivity (Wildman–Crippen MR) is 82.4 cm³/mol. The Bertz CT molecular complexity index is 485. The van der Waals surface area contributed by atoms with E-state index in [1.54, 1.807) is 12.1 Å². The van der Waals surface area contributed by atoms with Crippen LogP contribution in [-0.2, 0) is 11.2 Å². The molecule has 0 aliphatic heterocycles. The summed E-state index contributed by atoms with van der Waals surface area (Å²) < 4.78 is 0. The highest BCUT2D eigenvalue weighted by molar-refractivity contribution is 5.85. The lowest BCUT2D eigenvalue weighted by molar-refractivity contribution is -0.384. The van der Waals surface area contributed by atoms with Gasteiger partial charge < -0.3 is 11.1 Å². The minimum absolute atomic E-state index is 0. The quantitative estimate of drug-likeness (QED) is 0.655. The maximum absolute atomic E-state index is 11.9. The average molecular weight is 314 g/mol. The Labute approximate surface area is 129 Å². The lowest BCUT2D eigenvalue weighted by atomic mass is 9.91. The van der Waals surface area contributed by atoms with E-state index in [1.165, 1.54) is 12.1 Å². The molecule has 1 saturated carbocycles. The molecule has 1 fully saturated rings. The Morgan fingerprint density at radius 3 is 2.33 bits per heavy atom. The van der Waals surface area contributed by atoms with Gasteiger partial charge >= 0.3 is 0 Å². The minimum atomic E-state index is -0.449. The summed E-state index contributed by atoms with van der Waals surface area (Å²) in [6.07, 6.45) is 3.99. The van der Waals surface area contributed by atoms with Crippen molar-refractivity contribution in [1.29, 1.82) is 0 Å². The maximum atomic E-state index is 11.9. The van der Waals surface area contributed by atoms with Crippen molar-refractivity contribution in [3.8, 4) is 0 Å². The molecule has 0 aromatic heterocycles. The van der Waals surface area contributed by atoms with Crippen molar-refractivity contribution < 1.29 is 9.72 Å². The largest absolute Gasteiger partial charge is 0.353 e. The number of nitrogens with one attached hydrogen (secondary N) is 1. The normalized spacial score (nSPS) is 21.2. The van der Waals surface area contributed by atoms with Gasteiger partial charge in [0.2, 0.25) is 5.91 Å². The molecule has 0 saturated heterocycles. The van der Waals surface area contributed by atoms with E-state index in [0.717, 1.165) is 31.2 Å². The second kappa shape index (κ2) is 7.95. The number of carbonyl (C=O) groups excluding carboxylic acids is 1. The average Bonchev–Trinajstić information content (AvgIpc) is 2.42. The molecule has 0 atom stereocenters. The fourth-order valence-electron chi connectivity index (χ4n) is 2.46. The molecule has 0 heterocycles. The summed E-state index contributed by atoms with van der Waals surface area (Å²) in [6, 6.07) is 6.55. The lowest BCUT2D eigenvalue weighted by Crippen LogP contribution is -2.41. The standard InChI is InChI=1S/C14H19N3O3.ClH/c15-11-3-5-12(6-4-11)16-14(18)9-10-1-7-13(8-2-10)17(19)20;/h1-2,7-8,11-12H,3-6,9,15H2,(H,16,18);1H. The Balaban J connectivity index is 0.00000220. The van der Waals surface area contributed by atoms with Crippen molar-refractivity contribution in [1.82, 2.24) is 5.32 Å². The fraction of sp³-hybridized carbons (Fsp3) is 0.500. The first-order valence-corrected chi connectivity index (χ1v) is 6.83. The molecule has 6 nitrogen and oxygen atoms in total. The van der Waals surface area contributed by atoms with Gasteiger partial charge in [-0.25, -0.2) is 0 Å². The number of nitrogens with two attached hydrogens (primary N) is 1. The zero-order valence-electron chi connectivity index (χ0n) is 11.7. The van der Waals surface area contributed by atoms with E-state index in [-0.39, 0.29) is 42.5 Å². The van der Waals surface area contributed by atoms with Crippen LogP contribution in [0.1, 0.15) is 31.2 Å². The Morgan fingerprint density at radius 1 is 1.24 bits per heavy atom. The molecule has 0 bridgehead atoms. The van der Waals surface area contributed by atoms with Crippen molar-refractivity contribution in [2.24, 2.45) is 5.73 Å². The number of hydrogen-bond donors (Lipinski definition) is 2. The predicted octanol–water partition coefficient (Wildman–Crippen LogP) is 1.95. The fourth-order valence-corrected chi connectivity index (χ4v) is 2.46. The lowest BCUT2D eigenvalue weighted by Gasteiger charge is -2.26. The van der Waals surface area contributed by atoms with Crippen LogP contribution < -0.4 is 11.1 Å². The molecule has 0 unspecified atom stereocenters. The summed E-state index contributed by atoms with van der Waals surface area (Å²) in [5.41, 5.74) is 6.64. The number of carbonyl (C=O) groups is 1. The molecule has 21 heavy (non-hydrogen) atoms. The monoisotopic (exact) mass is 313 g/mol. The van der Waals surface area contributed by atoms with Crippen molar-refractivity contribution in [3.05, 3.63) is 39.9 Å². The van der Waals surface area contributed by atoms with Crippen LogP contribution in [-0.4, -0.2) is 22.9 Å². The SMILES string of the molecule is Cl.NC1CCC(NC(=O)Cc2ccc([N+](=O)[O-])cc2)CC1. The molecule has 2 rings (SSSR count). The number of halogens is 1. The Hall–Kier alpha value is -1.66. The summed E-state index contributed by atoms with van der Waals surface area (Å²) >= 11 is 0. The summed E-state index contributed by atoms with van der Waals surface area (Å²) in [6.45, 7) is 0. The third-order valence-electron chi connectivity index (χ3n) is 3.65. The van der Waals surface area contributed by atoms with Crippen LogP contribution in [0.25, 0.3) is 0 Å². The number of rotatable bonds is 4. The molecule has 3 N–H and O–H groups in total. The molecule has 1 aliphatic carbocycles. The number of nitro groups is 1. The molecule has 1 aromatic rings. The van der Waals surface area contributed by atoms with Gasteiger partial charge in [-0.15, -0.1) is 12.4 Å². The first-order chi connectivity index (χ1) is 9.54. The van der Waals surface area contributed by atoms with Gasteiger partial charge in [-0.2, -0.15) is 0 Å². The highest BCUT2D eigenvalue weighted by Crippen LogP contribution is 2.17. The number of non-ortho nitro benzene ring substituents is 1. The van der Waals surface area contributed by atoms with E-state index in [9.17, 15) is 14.9 Å². The van der Waals surface area contributed by atoms with Crippen LogP contribution in [0.3, 0.4) is 0 Å². The van der Waals surface area contributed by atoms with E-state index in [4.69, 9.17) is 5.73 Å². The van der Waals surface area contributed by atoms with E-state index in [2.05, 4.69) is 5.32 Å². The smallest absolute Gasteiger partial charge is 0.269 e. The molecule has 0 spiro atoms. The van der Waals surface area contributed by atoms with Gasteiger partial charge in [0, 0.05) is 24.2 Å². The Kier molecular flexibility index (Phi) is 6.58. The summed E-state index contributed by atoms with van der Waals surface area (Å²) in [5, 5.41) is 13.5. The summed E-state index contributed by atoms with van der Waals surface area (Å²) in [5.74, 6) is -0.0423. The molecule has 116 valence electrons. The number of nitro benzene ring substituents is 1. The molecule has 1 aliphatic rings. The zero-order valence-corrected chi connectivity index (χ0v) is 12.5. The second-order valence-corrected chi connectivity index (χ2v) is 5.28. The highest BCUT2D eigenvalue weighted by Gasteiger charge is 2.20. The first-order valence-electron chi connectivity index (χ1n) is 6.83. The van der Waals surface area contributed by atoms with Gasteiger partial charge in [0.25, 0.3) is 5.69 Å². The van der Waals surface area contributed by atoms with Crippen molar-refractivity contribution in [2.75, 3.05) is 0 Å².